The molecule has 0 amide bonds. The van der Waals surface area contributed by atoms with Gasteiger partial charge < -0.3 is 14.8 Å². The van der Waals surface area contributed by atoms with E-state index in [9.17, 15) is 0 Å². The maximum atomic E-state index is 5.53. The summed E-state index contributed by atoms with van der Waals surface area (Å²) in [6, 6.07) is 0.566. The summed E-state index contributed by atoms with van der Waals surface area (Å²) < 4.78 is 10.5. The van der Waals surface area contributed by atoms with Crippen LogP contribution in [-0.2, 0) is 9.47 Å². The molecule has 0 aliphatic rings. The zero-order valence-electron chi connectivity index (χ0n) is 11.6. The van der Waals surface area contributed by atoms with Crippen LogP contribution >= 0.6 is 0 Å². The van der Waals surface area contributed by atoms with E-state index in [1.165, 1.54) is 0 Å². The molecule has 0 aromatic carbocycles. The zero-order chi connectivity index (χ0) is 12.4. The van der Waals surface area contributed by atoms with Crippen LogP contribution in [0.4, 0.5) is 0 Å². The molecule has 2 unspecified atom stereocenters. The van der Waals surface area contributed by atoms with Gasteiger partial charge in [-0.15, -0.1) is 0 Å². The molecule has 98 valence electrons. The molecule has 0 bridgehead atoms. The fourth-order valence-corrected chi connectivity index (χ4v) is 2.10. The minimum Gasteiger partial charge on any atom is -0.382 e. The van der Waals surface area contributed by atoms with Crippen molar-refractivity contribution in [2.24, 2.45) is 11.8 Å². The van der Waals surface area contributed by atoms with Crippen LogP contribution in [0, 0.1) is 11.8 Å². The number of hydrogen-bond acceptors (Lipinski definition) is 3. The van der Waals surface area contributed by atoms with E-state index in [0.29, 0.717) is 31.1 Å². The SMILES string of the molecule is CCNC(C)C(CCOCCOC)C(C)C. The third kappa shape index (κ3) is 7.20. The Labute approximate surface area is 101 Å². The van der Waals surface area contributed by atoms with Crippen molar-refractivity contribution < 1.29 is 9.47 Å². The molecule has 0 aliphatic carbocycles. The van der Waals surface area contributed by atoms with Crippen LogP contribution in [0.3, 0.4) is 0 Å². The molecule has 0 fully saturated rings. The molecule has 0 saturated carbocycles. The van der Waals surface area contributed by atoms with Crippen molar-refractivity contribution in [2.45, 2.75) is 40.2 Å². The molecule has 0 heterocycles. The molecule has 0 rings (SSSR count). The van der Waals surface area contributed by atoms with Crippen molar-refractivity contribution in [3.63, 3.8) is 0 Å². The second kappa shape index (κ2) is 10.1. The minimum absolute atomic E-state index is 0.566. The summed E-state index contributed by atoms with van der Waals surface area (Å²) in [6.45, 7) is 12.3. The molecule has 3 heteroatoms. The molecule has 0 saturated heterocycles. The van der Waals surface area contributed by atoms with Gasteiger partial charge in [0.05, 0.1) is 13.2 Å². The van der Waals surface area contributed by atoms with Gasteiger partial charge >= 0.3 is 0 Å². The molecule has 0 radical (unpaired) electrons. The van der Waals surface area contributed by atoms with Crippen molar-refractivity contribution >= 4 is 0 Å². The van der Waals surface area contributed by atoms with Crippen molar-refractivity contribution in [3.8, 4) is 0 Å². The number of methoxy groups -OCH3 is 1. The highest BCUT2D eigenvalue weighted by Crippen LogP contribution is 2.19. The maximum Gasteiger partial charge on any atom is 0.0700 e. The topological polar surface area (TPSA) is 30.5 Å². The average molecular weight is 231 g/mol. The van der Waals surface area contributed by atoms with Gasteiger partial charge in [0.2, 0.25) is 0 Å². The monoisotopic (exact) mass is 231 g/mol. The summed E-state index contributed by atoms with van der Waals surface area (Å²) >= 11 is 0. The Hall–Kier alpha value is -0.120. The van der Waals surface area contributed by atoms with Gasteiger partial charge in [0.1, 0.15) is 0 Å². The molecule has 2 atom stereocenters. The minimum atomic E-state index is 0.566. The first kappa shape index (κ1) is 15.9. The van der Waals surface area contributed by atoms with Gasteiger partial charge in [-0.05, 0) is 31.7 Å². The summed E-state index contributed by atoms with van der Waals surface area (Å²) in [5, 5.41) is 3.50. The predicted molar refractivity (Wildman–Crippen MR) is 68.8 cm³/mol. The fourth-order valence-electron chi connectivity index (χ4n) is 2.10. The van der Waals surface area contributed by atoms with E-state index >= 15 is 0 Å². The highest BCUT2D eigenvalue weighted by molar-refractivity contribution is 4.74. The molecule has 16 heavy (non-hydrogen) atoms. The van der Waals surface area contributed by atoms with E-state index in [1.54, 1.807) is 7.11 Å². The summed E-state index contributed by atoms with van der Waals surface area (Å²) in [5.74, 6) is 1.38. The Morgan fingerprint density at radius 1 is 1.06 bits per heavy atom. The number of nitrogens with one attached hydrogen (secondary N) is 1. The van der Waals surface area contributed by atoms with Gasteiger partial charge in [0, 0.05) is 19.8 Å². The normalized spacial score (nSPS) is 15.4. The van der Waals surface area contributed by atoms with Gasteiger partial charge in [0.25, 0.3) is 0 Å². The summed E-state index contributed by atoms with van der Waals surface area (Å²) in [4.78, 5) is 0. The number of rotatable bonds is 10. The lowest BCUT2D eigenvalue weighted by atomic mass is 9.86. The third-order valence-corrected chi connectivity index (χ3v) is 3.05. The average Bonchev–Trinajstić information content (AvgIpc) is 2.23. The lowest BCUT2D eigenvalue weighted by Crippen LogP contribution is -2.36. The Morgan fingerprint density at radius 3 is 2.25 bits per heavy atom. The largest absolute Gasteiger partial charge is 0.382 e. The predicted octanol–water partition coefficient (Wildman–Crippen LogP) is 2.31. The quantitative estimate of drug-likeness (QED) is 0.585. The summed E-state index contributed by atoms with van der Waals surface area (Å²) in [6.07, 6.45) is 1.12. The zero-order valence-corrected chi connectivity index (χ0v) is 11.6. The van der Waals surface area contributed by atoms with Gasteiger partial charge in [0.15, 0.2) is 0 Å². The number of ether oxygens (including phenoxy) is 2. The second-order valence-corrected chi connectivity index (χ2v) is 4.65. The molecule has 0 aromatic heterocycles. The molecule has 0 aromatic rings. The van der Waals surface area contributed by atoms with Gasteiger partial charge in [-0.25, -0.2) is 0 Å². The van der Waals surface area contributed by atoms with Crippen molar-refractivity contribution in [1.82, 2.24) is 5.32 Å². The van der Waals surface area contributed by atoms with E-state index in [2.05, 4.69) is 33.0 Å². The maximum absolute atomic E-state index is 5.53. The Bertz CT molecular complexity index is 151. The Kier molecular flexibility index (Phi) is 9.99. The standard InChI is InChI=1S/C13H29NO2/c1-6-14-12(4)13(11(2)3)7-8-16-10-9-15-5/h11-14H,6-10H2,1-5H3. The van der Waals surface area contributed by atoms with E-state index in [-0.39, 0.29) is 0 Å². The van der Waals surface area contributed by atoms with Crippen molar-refractivity contribution in [2.75, 3.05) is 33.5 Å². The van der Waals surface area contributed by atoms with Gasteiger partial charge in [-0.3, -0.25) is 0 Å². The van der Waals surface area contributed by atoms with E-state index in [1.807, 2.05) is 0 Å². The van der Waals surface area contributed by atoms with Crippen LogP contribution < -0.4 is 5.32 Å². The smallest absolute Gasteiger partial charge is 0.0700 e. The highest BCUT2D eigenvalue weighted by atomic mass is 16.5. The van der Waals surface area contributed by atoms with Gasteiger partial charge in [-0.1, -0.05) is 20.8 Å². The van der Waals surface area contributed by atoms with Gasteiger partial charge in [-0.2, -0.15) is 0 Å². The Morgan fingerprint density at radius 2 is 1.75 bits per heavy atom. The van der Waals surface area contributed by atoms with Crippen LogP contribution in [0.15, 0.2) is 0 Å². The van der Waals surface area contributed by atoms with Crippen LogP contribution in [0.1, 0.15) is 34.1 Å². The summed E-state index contributed by atoms with van der Waals surface area (Å²) in [5.41, 5.74) is 0. The molecular weight excluding hydrogens is 202 g/mol. The lowest BCUT2D eigenvalue weighted by Gasteiger charge is -2.28. The van der Waals surface area contributed by atoms with E-state index < -0.39 is 0 Å². The van der Waals surface area contributed by atoms with E-state index in [4.69, 9.17) is 9.47 Å². The van der Waals surface area contributed by atoms with Crippen LogP contribution in [-0.4, -0.2) is 39.5 Å². The van der Waals surface area contributed by atoms with E-state index in [0.717, 1.165) is 19.6 Å². The van der Waals surface area contributed by atoms with Crippen LogP contribution in [0.2, 0.25) is 0 Å². The number of hydrogen-bond donors (Lipinski definition) is 1. The summed E-state index contributed by atoms with van der Waals surface area (Å²) in [7, 11) is 1.70. The highest BCUT2D eigenvalue weighted by Gasteiger charge is 2.19. The first-order valence-electron chi connectivity index (χ1n) is 6.43. The second-order valence-electron chi connectivity index (χ2n) is 4.65. The molecular formula is C13H29NO2. The van der Waals surface area contributed by atoms with Crippen LogP contribution in [0.5, 0.6) is 0 Å². The first-order valence-corrected chi connectivity index (χ1v) is 6.43. The van der Waals surface area contributed by atoms with Crippen molar-refractivity contribution in [1.29, 1.82) is 0 Å². The molecule has 3 nitrogen and oxygen atoms in total. The van der Waals surface area contributed by atoms with Crippen LogP contribution in [0.25, 0.3) is 0 Å². The van der Waals surface area contributed by atoms with Crippen molar-refractivity contribution in [3.05, 3.63) is 0 Å². The molecule has 1 N–H and O–H groups in total. The third-order valence-electron chi connectivity index (χ3n) is 3.05. The molecule has 0 aliphatic heterocycles. The Balaban J connectivity index is 3.76. The molecule has 0 spiro atoms. The fraction of sp³-hybridized carbons (Fsp3) is 1.00. The first-order chi connectivity index (χ1) is 7.63. The lowest BCUT2D eigenvalue weighted by molar-refractivity contribution is 0.0576.